The van der Waals surface area contributed by atoms with Crippen molar-refractivity contribution in [2.24, 2.45) is 0 Å². The van der Waals surface area contributed by atoms with Crippen molar-refractivity contribution < 1.29 is 13.9 Å². The molecule has 0 aliphatic carbocycles. The first-order chi connectivity index (χ1) is 8.28. The average Bonchev–Trinajstić information content (AvgIpc) is 2.24. The number of rotatable bonds is 3. The number of hydrogen-bond donors (Lipinski definition) is 1. The molecule has 0 saturated carbocycles. The van der Waals surface area contributed by atoms with E-state index in [1.807, 2.05) is 0 Å². The first-order valence-corrected chi connectivity index (χ1v) is 5.88. The summed E-state index contributed by atoms with van der Waals surface area (Å²) in [5.41, 5.74) is -0.243. The molecule has 0 aliphatic rings. The number of hydrogen-bond acceptors (Lipinski definition) is 3. The van der Waals surface area contributed by atoms with Crippen LogP contribution in [0.1, 0.15) is 32.5 Å². The normalized spacial score (nSPS) is 12.9. The highest BCUT2D eigenvalue weighted by Crippen LogP contribution is 2.17. The van der Waals surface area contributed by atoms with Gasteiger partial charge in [-0.1, -0.05) is 17.7 Å². The molecule has 0 spiro atoms. The Kier molecular flexibility index (Phi) is 4.90. The second-order valence-electron chi connectivity index (χ2n) is 4.76. The minimum absolute atomic E-state index is 0.168. The maximum absolute atomic E-state index is 13.7. The number of alkyl carbamates (subject to hydrolysis) is 1. The van der Waals surface area contributed by atoms with Crippen LogP contribution in [0.4, 0.5) is 9.18 Å². The van der Waals surface area contributed by atoms with Crippen molar-refractivity contribution in [3.8, 4) is 0 Å². The number of carbonyl (C=O) groups excluding carboxylic acids is 1. The van der Waals surface area contributed by atoms with Crippen molar-refractivity contribution in [1.29, 1.82) is 0 Å². The summed E-state index contributed by atoms with van der Waals surface area (Å²) in [5.74, 6) is 0. The third kappa shape index (κ3) is 5.31. The topological polar surface area (TPSA) is 51.2 Å². The molecular formula is C12H16ClFN2O2. The monoisotopic (exact) mass is 274 g/mol. The minimum atomic E-state index is -1.35. The summed E-state index contributed by atoms with van der Waals surface area (Å²) < 4.78 is 18.7. The number of nitrogens with one attached hydrogen (secondary N) is 1. The minimum Gasteiger partial charge on any atom is -0.444 e. The summed E-state index contributed by atoms with van der Waals surface area (Å²) in [5, 5.41) is 2.65. The van der Waals surface area contributed by atoms with Crippen molar-refractivity contribution in [1.82, 2.24) is 10.3 Å². The molecule has 100 valence electrons. The number of amides is 1. The molecule has 1 aromatic rings. The van der Waals surface area contributed by atoms with E-state index in [-0.39, 0.29) is 6.54 Å². The lowest BCUT2D eigenvalue weighted by molar-refractivity contribution is 0.0513. The van der Waals surface area contributed by atoms with E-state index in [4.69, 9.17) is 16.3 Å². The SMILES string of the molecule is CC(C)(C)OC(=O)NC[C@H](F)c1ccc(Cl)nc1. The van der Waals surface area contributed by atoms with Crippen LogP contribution < -0.4 is 5.32 Å². The van der Waals surface area contributed by atoms with Crippen molar-refractivity contribution in [3.63, 3.8) is 0 Å². The summed E-state index contributed by atoms with van der Waals surface area (Å²) in [4.78, 5) is 15.1. The van der Waals surface area contributed by atoms with Crippen LogP contribution in [0.3, 0.4) is 0 Å². The first kappa shape index (κ1) is 14.7. The number of pyridine rings is 1. The maximum Gasteiger partial charge on any atom is 0.407 e. The third-order valence-corrected chi connectivity index (χ3v) is 2.16. The van der Waals surface area contributed by atoms with Crippen LogP contribution >= 0.6 is 11.6 Å². The van der Waals surface area contributed by atoms with Gasteiger partial charge in [0.2, 0.25) is 0 Å². The second-order valence-corrected chi connectivity index (χ2v) is 5.15. The molecule has 1 atom stereocenters. The van der Waals surface area contributed by atoms with Gasteiger partial charge in [0.15, 0.2) is 0 Å². The molecule has 0 bridgehead atoms. The van der Waals surface area contributed by atoms with E-state index in [9.17, 15) is 9.18 Å². The number of alkyl halides is 1. The molecule has 6 heteroatoms. The van der Waals surface area contributed by atoms with Crippen LogP contribution in [0.2, 0.25) is 5.15 Å². The van der Waals surface area contributed by atoms with Crippen LogP contribution in [0.5, 0.6) is 0 Å². The zero-order valence-corrected chi connectivity index (χ0v) is 11.3. The van der Waals surface area contributed by atoms with Crippen LogP contribution in [0, 0.1) is 0 Å². The molecular weight excluding hydrogens is 259 g/mol. The van der Waals surface area contributed by atoms with E-state index in [0.29, 0.717) is 10.7 Å². The van der Waals surface area contributed by atoms with Crippen molar-refractivity contribution in [2.45, 2.75) is 32.5 Å². The molecule has 1 rings (SSSR count). The Balaban J connectivity index is 2.44. The van der Waals surface area contributed by atoms with Crippen molar-refractivity contribution >= 4 is 17.7 Å². The molecule has 0 fully saturated rings. The van der Waals surface area contributed by atoms with Gasteiger partial charge in [-0.05, 0) is 26.8 Å². The zero-order valence-electron chi connectivity index (χ0n) is 10.5. The number of carbonyl (C=O) groups is 1. The van der Waals surface area contributed by atoms with Gasteiger partial charge in [0.25, 0.3) is 0 Å². The molecule has 1 aromatic heterocycles. The van der Waals surface area contributed by atoms with Crippen LogP contribution in [0.25, 0.3) is 0 Å². The molecule has 0 aromatic carbocycles. The molecule has 1 amide bonds. The Labute approximate surface area is 110 Å². The second kappa shape index (κ2) is 6.00. The van der Waals surface area contributed by atoms with E-state index in [1.165, 1.54) is 18.3 Å². The smallest absolute Gasteiger partial charge is 0.407 e. The molecule has 0 aliphatic heterocycles. The maximum atomic E-state index is 13.7. The Morgan fingerprint density at radius 1 is 1.56 bits per heavy atom. The fourth-order valence-corrected chi connectivity index (χ4v) is 1.29. The van der Waals surface area contributed by atoms with Crippen molar-refractivity contribution in [2.75, 3.05) is 6.54 Å². The highest BCUT2D eigenvalue weighted by molar-refractivity contribution is 6.29. The van der Waals surface area contributed by atoms with Gasteiger partial charge in [-0.2, -0.15) is 0 Å². The van der Waals surface area contributed by atoms with Crippen molar-refractivity contribution in [3.05, 3.63) is 29.0 Å². The van der Waals surface area contributed by atoms with E-state index in [0.717, 1.165) is 0 Å². The molecule has 1 N–H and O–H groups in total. The fourth-order valence-electron chi connectivity index (χ4n) is 1.18. The van der Waals surface area contributed by atoms with Gasteiger partial charge in [-0.25, -0.2) is 14.2 Å². The molecule has 4 nitrogen and oxygen atoms in total. The summed E-state index contributed by atoms with van der Waals surface area (Å²) >= 11 is 5.59. The zero-order chi connectivity index (χ0) is 13.8. The van der Waals surface area contributed by atoms with Gasteiger partial charge in [0.05, 0.1) is 6.54 Å². The largest absolute Gasteiger partial charge is 0.444 e. The van der Waals surface area contributed by atoms with Gasteiger partial charge < -0.3 is 10.1 Å². The third-order valence-electron chi connectivity index (χ3n) is 1.94. The Morgan fingerprint density at radius 2 is 2.22 bits per heavy atom. The quantitative estimate of drug-likeness (QED) is 0.861. The van der Waals surface area contributed by atoms with Gasteiger partial charge in [0.1, 0.15) is 16.9 Å². The van der Waals surface area contributed by atoms with Gasteiger partial charge >= 0.3 is 6.09 Å². The van der Waals surface area contributed by atoms with Gasteiger partial charge in [-0.15, -0.1) is 0 Å². The summed E-state index contributed by atoms with van der Waals surface area (Å²) in [6, 6.07) is 3.02. The number of nitrogens with zero attached hydrogens (tertiary/aromatic N) is 1. The number of ether oxygens (including phenoxy) is 1. The Bertz CT molecular complexity index is 404. The van der Waals surface area contributed by atoms with E-state index < -0.39 is 17.9 Å². The number of halogens is 2. The Morgan fingerprint density at radius 3 is 2.72 bits per heavy atom. The average molecular weight is 275 g/mol. The Hall–Kier alpha value is -1.36. The molecule has 0 radical (unpaired) electrons. The summed E-state index contributed by atoms with van der Waals surface area (Å²) in [7, 11) is 0. The molecule has 0 saturated heterocycles. The van der Waals surface area contributed by atoms with Crippen LogP contribution in [0.15, 0.2) is 18.3 Å². The predicted molar refractivity (Wildman–Crippen MR) is 67.3 cm³/mol. The highest BCUT2D eigenvalue weighted by Gasteiger charge is 2.18. The molecule has 18 heavy (non-hydrogen) atoms. The lowest BCUT2D eigenvalue weighted by Gasteiger charge is -2.20. The lowest BCUT2D eigenvalue weighted by atomic mass is 10.2. The highest BCUT2D eigenvalue weighted by atomic mass is 35.5. The first-order valence-electron chi connectivity index (χ1n) is 5.50. The summed E-state index contributed by atoms with van der Waals surface area (Å²) in [6.45, 7) is 5.05. The summed E-state index contributed by atoms with van der Waals surface area (Å²) in [6.07, 6.45) is -0.654. The number of aromatic nitrogens is 1. The molecule has 1 heterocycles. The lowest BCUT2D eigenvalue weighted by Crippen LogP contribution is -2.34. The predicted octanol–water partition coefficient (Wildman–Crippen LogP) is 3.27. The fraction of sp³-hybridized carbons (Fsp3) is 0.500. The van der Waals surface area contributed by atoms with E-state index in [2.05, 4.69) is 10.3 Å². The van der Waals surface area contributed by atoms with Gasteiger partial charge in [-0.3, -0.25) is 0 Å². The van der Waals surface area contributed by atoms with Gasteiger partial charge in [0, 0.05) is 11.8 Å². The molecule has 0 unspecified atom stereocenters. The standard InChI is InChI=1S/C12H16ClFN2O2/c1-12(2,3)18-11(17)16-7-9(14)8-4-5-10(13)15-6-8/h4-6,9H,7H2,1-3H3,(H,16,17)/t9-/m0/s1. The van der Waals surface area contributed by atoms with E-state index >= 15 is 0 Å². The van der Waals surface area contributed by atoms with E-state index in [1.54, 1.807) is 20.8 Å². The van der Waals surface area contributed by atoms with Crippen LogP contribution in [-0.2, 0) is 4.74 Å². The van der Waals surface area contributed by atoms with Crippen LogP contribution in [-0.4, -0.2) is 23.2 Å².